The van der Waals surface area contributed by atoms with Crippen LogP contribution in [-0.4, -0.2) is 55.0 Å². The first-order valence-corrected chi connectivity index (χ1v) is 5.23. The van der Waals surface area contributed by atoms with Crippen LogP contribution in [0.5, 0.6) is 0 Å². The van der Waals surface area contributed by atoms with Gasteiger partial charge in [-0.05, 0) is 33.9 Å². The number of nitrogens with two attached hydrogens (primary N) is 1. The predicted molar refractivity (Wildman–Crippen MR) is 56.9 cm³/mol. The van der Waals surface area contributed by atoms with Gasteiger partial charge in [0, 0.05) is 19.1 Å². The van der Waals surface area contributed by atoms with E-state index in [2.05, 4.69) is 19.0 Å². The number of nitrogens with zero attached hydrogens (tertiary/aromatic N) is 2. The molecule has 0 aromatic carbocycles. The van der Waals surface area contributed by atoms with Crippen molar-refractivity contribution in [2.24, 2.45) is 5.73 Å². The maximum absolute atomic E-state index is 11.6. The topological polar surface area (TPSA) is 49.6 Å². The van der Waals surface area contributed by atoms with Gasteiger partial charge >= 0.3 is 0 Å². The molecule has 82 valence electrons. The molecule has 1 fully saturated rings. The lowest BCUT2D eigenvalue weighted by Crippen LogP contribution is -2.51. The van der Waals surface area contributed by atoms with Gasteiger partial charge in [-0.3, -0.25) is 4.79 Å². The lowest BCUT2D eigenvalue weighted by atomic mass is 10.0. The average molecular weight is 199 g/mol. The van der Waals surface area contributed by atoms with Crippen molar-refractivity contribution in [1.29, 1.82) is 0 Å². The molecule has 0 bridgehead atoms. The van der Waals surface area contributed by atoms with Crippen LogP contribution in [0.1, 0.15) is 19.8 Å². The van der Waals surface area contributed by atoms with Crippen molar-refractivity contribution < 1.29 is 4.79 Å². The third-order valence-electron chi connectivity index (χ3n) is 2.83. The highest BCUT2D eigenvalue weighted by atomic mass is 16.2. The van der Waals surface area contributed by atoms with E-state index in [0.29, 0.717) is 6.04 Å². The quantitative estimate of drug-likeness (QED) is 0.675. The van der Waals surface area contributed by atoms with Crippen molar-refractivity contribution in [3.05, 3.63) is 0 Å². The van der Waals surface area contributed by atoms with Crippen molar-refractivity contribution in [2.75, 3.05) is 27.2 Å². The number of piperidine rings is 1. The zero-order valence-corrected chi connectivity index (χ0v) is 9.36. The summed E-state index contributed by atoms with van der Waals surface area (Å²) in [6.07, 6.45) is 2.26. The second kappa shape index (κ2) is 4.75. The summed E-state index contributed by atoms with van der Waals surface area (Å²) in [4.78, 5) is 15.7. The number of likely N-dealkylation sites (N-methyl/N-ethyl adjacent to an activating group) is 1. The molecule has 4 heteroatoms. The van der Waals surface area contributed by atoms with Gasteiger partial charge in [0.05, 0.1) is 6.04 Å². The zero-order valence-electron chi connectivity index (χ0n) is 9.36. The highest BCUT2D eigenvalue weighted by molar-refractivity contribution is 5.81. The van der Waals surface area contributed by atoms with Crippen LogP contribution < -0.4 is 5.73 Å². The fourth-order valence-corrected chi connectivity index (χ4v) is 1.86. The minimum Gasteiger partial charge on any atom is -0.340 e. The van der Waals surface area contributed by atoms with Crippen LogP contribution in [0.4, 0.5) is 0 Å². The second-order valence-corrected chi connectivity index (χ2v) is 4.33. The monoisotopic (exact) mass is 199 g/mol. The molecule has 1 rings (SSSR count). The zero-order chi connectivity index (χ0) is 10.7. The summed E-state index contributed by atoms with van der Waals surface area (Å²) in [5.41, 5.74) is 5.58. The van der Waals surface area contributed by atoms with Crippen molar-refractivity contribution >= 4 is 5.91 Å². The Morgan fingerprint density at radius 3 is 2.71 bits per heavy atom. The van der Waals surface area contributed by atoms with Crippen molar-refractivity contribution in [3.8, 4) is 0 Å². The fraction of sp³-hybridized carbons (Fsp3) is 0.900. The molecule has 1 saturated heterocycles. The molecule has 1 aliphatic rings. The van der Waals surface area contributed by atoms with Gasteiger partial charge in [0.25, 0.3) is 0 Å². The van der Waals surface area contributed by atoms with Gasteiger partial charge in [-0.2, -0.15) is 0 Å². The Morgan fingerprint density at radius 2 is 2.21 bits per heavy atom. The van der Waals surface area contributed by atoms with Crippen molar-refractivity contribution in [3.63, 3.8) is 0 Å². The molecule has 0 aliphatic carbocycles. The predicted octanol–water partition coefficient (Wildman–Crippen LogP) is -0.114. The molecule has 2 N–H and O–H groups in total. The molecule has 1 amide bonds. The normalized spacial score (nSPS) is 25.2. The molecule has 0 unspecified atom stereocenters. The van der Waals surface area contributed by atoms with Crippen molar-refractivity contribution in [1.82, 2.24) is 9.80 Å². The Labute approximate surface area is 86.0 Å². The van der Waals surface area contributed by atoms with E-state index in [1.807, 2.05) is 4.90 Å². The lowest BCUT2D eigenvalue weighted by Gasteiger charge is -2.36. The van der Waals surface area contributed by atoms with Gasteiger partial charge in [0.2, 0.25) is 5.91 Å². The maximum atomic E-state index is 11.6. The van der Waals surface area contributed by atoms with E-state index in [9.17, 15) is 4.79 Å². The van der Waals surface area contributed by atoms with Gasteiger partial charge in [-0.1, -0.05) is 0 Å². The van der Waals surface area contributed by atoms with Gasteiger partial charge in [-0.25, -0.2) is 0 Å². The second-order valence-electron chi connectivity index (χ2n) is 4.33. The number of hydrogen-bond donors (Lipinski definition) is 1. The van der Waals surface area contributed by atoms with Crippen LogP contribution in [-0.2, 0) is 4.79 Å². The van der Waals surface area contributed by atoms with Crippen molar-refractivity contribution in [2.45, 2.75) is 31.8 Å². The average Bonchev–Trinajstić information content (AvgIpc) is 2.16. The third kappa shape index (κ3) is 2.69. The standard InChI is InChI=1S/C10H21N3O/c1-8(11)10(14)13-6-4-5-9(7-13)12(2)3/h8-9H,4-7,11H2,1-3H3/t8-,9-/m0/s1. The van der Waals surface area contributed by atoms with Gasteiger partial charge < -0.3 is 15.5 Å². The highest BCUT2D eigenvalue weighted by Gasteiger charge is 2.25. The highest BCUT2D eigenvalue weighted by Crippen LogP contribution is 2.14. The Morgan fingerprint density at radius 1 is 1.57 bits per heavy atom. The SMILES string of the molecule is C[C@H](N)C(=O)N1CCC[C@H](N(C)C)C1. The summed E-state index contributed by atoms with van der Waals surface area (Å²) >= 11 is 0. The Balaban J connectivity index is 2.51. The van der Waals surface area contributed by atoms with E-state index in [1.54, 1.807) is 6.92 Å². The third-order valence-corrected chi connectivity index (χ3v) is 2.83. The van der Waals surface area contributed by atoms with Crippen LogP contribution >= 0.6 is 0 Å². The number of rotatable bonds is 2. The molecule has 1 heterocycles. The van der Waals surface area contributed by atoms with Gasteiger partial charge in [0.1, 0.15) is 0 Å². The lowest BCUT2D eigenvalue weighted by molar-refractivity contribution is -0.134. The molecule has 0 aromatic heterocycles. The number of likely N-dealkylation sites (tertiary alicyclic amines) is 1. The molecule has 0 aromatic rings. The molecule has 2 atom stereocenters. The minimum absolute atomic E-state index is 0.0801. The van der Waals surface area contributed by atoms with E-state index >= 15 is 0 Å². The summed E-state index contributed by atoms with van der Waals surface area (Å²) < 4.78 is 0. The van der Waals surface area contributed by atoms with Crippen LogP contribution in [0.2, 0.25) is 0 Å². The fourth-order valence-electron chi connectivity index (χ4n) is 1.86. The van der Waals surface area contributed by atoms with Crippen LogP contribution in [0, 0.1) is 0 Å². The maximum Gasteiger partial charge on any atom is 0.239 e. The summed E-state index contributed by atoms with van der Waals surface area (Å²) in [6.45, 7) is 3.44. The first kappa shape index (κ1) is 11.5. The van der Waals surface area contributed by atoms with E-state index in [1.165, 1.54) is 6.42 Å². The summed E-state index contributed by atoms with van der Waals surface area (Å²) in [7, 11) is 4.12. The Kier molecular flexibility index (Phi) is 3.89. The van der Waals surface area contributed by atoms with Crippen LogP contribution in [0.25, 0.3) is 0 Å². The van der Waals surface area contributed by atoms with E-state index in [0.717, 1.165) is 19.5 Å². The number of carbonyl (C=O) groups is 1. The largest absolute Gasteiger partial charge is 0.340 e. The van der Waals surface area contributed by atoms with Gasteiger partial charge in [0.15, 0.2) is 0 Å². The van der Waals surface area contributed by atoms with E-state index in [4.69, 9.17) is 5.73 Å². The molecular formula is C10H21N3O. The first-order valence-electron chi connectivity index (χ1n) is 5.23. The molecule has 1 aliphatic heterocycles. The number of carbonyl (C=O) groups excluding carboxylic acids is 1. The number of hydrogen-bond acceptors (Lipinski definition) is 3. The molecule has 0 radical (unpaired) electrons. The molecule has 4 nitrogen and oxygen atoms in total. The van der Waals surface area contributed by atoms with E-state index in [-0.39, 0.29) is 11.9 Å². The minimum atomic E-state index is -0.365. The molecule has 0 saturated carbocycles. The van der Waals surface area contributed by atoms with E-state index < -0.39 is 0 Å². The Hall–Kier alpha value is -0.610. The molecule has 0 spiro atoms. The summed E-state index contributed by atoms with van der Waals surface area (Å²) in [5.74, 6) is 0.0801. The van der Waals surface area contributed by atoms with Gasteiger partial charge in [-0.15, -0.1) is 0 Å². The summed E-state index contributed by atoms with van der Waals surface area (Å²) in [6, 6.07) is 0.127. The molecular weight excluding hydrogens is 178 g/mol. The number of amides is 1. The smallest absolute Gasteiger partial charge is 0.239 e. The molecule has 14 heavy (non-hydrogen) atoms. The first-order chi connectivity index (χ1) is 6.52. The van der Waals surface area contributed by atoms with Crippen LogP contribution in [0.15, 0.2) is 0 Å². The Bertz CT molecular complexity index is 204. The summed E-state index contributed by atoms with van der Waals surface area (Å²) in [5, 5.41) is 0. The van der Waals surface area contributed by atoms with Crippen LogP contribution in [0.3, 0.4) is 0 Å².